The third-order valence-electron chi connectivity index (χ3n) is 2.65. The lowest BCUT2D eigenvalue weighted by Crippen LogP contribution is -1.81. The Balaban J connectivity index is 2.22. The molecule has 0 saturated carbocycles. The van der Waals surface area contributed by atoms with Crippen LogP contribution in [-0.4, -0.2) is 4.98 Å². The van der Waals surface area contributed by atoms with Gasteiger partial charge in [-0.05, 0) is 36.8 Å². The third kappa shape index (κ3) is 1.83. The van der Waals surface area contributed by atoms with E-state index in [2.05, 4.69) is 4.98 Å². The summed E-state index contributed by atoms with van der Waals surface area (Å²) in [5.74, 6) is -0.219. The summed E-state index contributed by atoms with van der Waals surface area (Å²) in [6.07, 6.45) is 0. The second-order valence-corrected chi connectivity index (χ2v) is 5.00. The van der Waals surface area contributed by atoms with Gasteiger partial charge in [-0.2, -0.15) is 0 Å². The maximum Gasteiger partial charge on any atom is 0.133 e. The van der Waals surface area contributed by atoms with Crippen molar-refractivity contribution >= 4 is 21.6 Å². The summed E-state index contributed by atoms with van der Waals surface area (Å²) in [4.78, 5) is 4.48. The minimum Gasteiger partial charge on any atom is -0.236 e. The molecule has 3 heteroatoms. The van der Waals surface area contributed by atoms with E-state index in [1.807, 2.05) is 31.2 Å². The fourth-order valence-electron chi connectivity index (χ4n) is 1.79. The summed E-state index contributed by atoms with van der Waals surface area (Å²) in [5, 5.41) is 0.740. The Kier molecular flexibility index (Phi) is 2.41. The van der Waals surface area contributed by atoms with Crippen LogP contribution in [0.4, 0.5) is 4.39 Å². The van der Waals surface area contributed by atoms with E-state index in [0.717, 1.165) is 15.2 Å². The average Bonchev–Trinajstić information content (AvgIpc) is 2.72. The number of hydrogen-bond donors (Lipinski definition) is 0. The third-order valence-corrected chi connectivity index (χ3v) is 3.72. The van der Waals surface area contributed by atoms with Crippen LogP contribution in [0.25, 0.3) is 20.8 Å². The Bertz CT molecular complexity index is 688. The molecule has 3 aromatic rings. The summed E-state index contributed by atoms with van der Waals surface area (Å²) >= 11 is 1.52. The molecule has 0 radical (unpaired) electrons. The first-order valence-corrected chi connectivity index (χ1v) is 6.18. The molecule has 84 valence electrons. The number of thiazole rings is 1. The van der Waals surface area contributed by atoms with E-state index in [1.165, 1.54) is 23.0 Å². The minimum atomic E-state index is -0.219. The number of halogens is 1. The first-order valence-electron chi connectivity index (χ1n) is 5.36. The molecule has 0 bridgehead atoms. The van der Waals surface area contributed by atoms with Crippen LogP contribution in [0.2, 0.25) is 0 Å². The zero-order chi connectivity index (χ0) is 11.8. The maximum absolute atomic E-state index is 13.6. The molecule has 17 heavy (non-hydrogen) atoms. The van der Waals surface area contributed by atoms with E-state index in [4.69, 9.17) is 0 Å². The Morgan fingerprint density at radius 3 is 2.76 bits per heavy atom. The summed E-state index contributed by atoms with van der Waals surface area (Å²) < 4.78 is 14.7. The van der Waals surface area contributed by atoms with Crippen LogP contribution < -0.4 is 0 Å². The number of aromatic nitrogens is 1. The highest BCUT2D eigenvalue weighted by atomic mass is 32.1. The Labute approximate surface area is 103 Å². The van der Waals surface area contributed by atoms with E-state index >= 15 is 0 Å². The summed E-state index contributed by atoms with van der Waals surface area (Å²) in [5.41, 5.74) is 2.68. The van der Waals surface area contributed by atoms with Crippen LogP contribution in [0.1, 0.15) is 5.56 Å². The van der Waals surface area contributed by atoms with Gasteiger partial charge in [0.15, 0.2) is 0 Å². The number of benzene rings is 2. The van der Waals surface area contributed by atoms with Gasteiger partial charge in [0.1, 0.15) is 10.8 Å². The zero-order valence-electron chi connectivity index (χ0n) is 9.27. The molecule has 0 unspecified atom stereocenters. The Morgan fingerprint density at radius 1 is 1.12 bits per heavy atom. The van der Waals surface area contributed by atoms with Crippen molar-refractivity contribution in [3.05, 3.63) is 53.8 Å². The molecule has 0 amide bonds. The van der Waals surface area contributed by atoms with Crippen molar-refractivity contribution in [2.45, 2.75) is 6.92 Å². The van der Waals surface area contributed by atoms with Crippen molar-refractivity contribution in [1.82, 2.24) is 4.98 Å². The van der Waals surface area contributed by atoms with Gasteiger partial charge < -0.3 is 0 Å². The van der Waals surface area contributed by atoms with Gasteiger partial charge in [0.25, 0.3) is 0 Å². The van der Waals surface area contributed by atoms with Crippen molar-refractivity contribution in [3.8, 4) is 10.6 Å². The average molecular weight is 243 g/mol. The first kappa shape index (κ1) is 10.4. The number of aryl methyl sites for hydroxylation is 1. The summed E-state index contributed by atoms with van der Waals surface area (Å²) in [6, 6.07) is 12.9. The van der Waals surface area contributed by atoms with Crippen molar-refractivity contribution in [3.63, 3.8) is 0 Å². The molecule has 3 rings (SSSR count). The van der Waals surface area contributed by atoms with Gasteiger partial charge in [-0.3, -0.25) is 0 Å². The lowest BCUT2D eigenvalue weighted by molar-refractivity contribution is 0.631. The van der Waals surface area contributed by atoms with E-state index in [1.54, 1.807) is 12.1 Å². The molecule has 2 aromatic carbocycles. The van der Waals surface area contributed by atoms with Crippen molar-refractivity contribution < 1.29 is 4.39 Å². The van der Waals surface area contributed by atoms with Crippen molar-refractivity contribution in [2.75, 3.05) is 0 Å². The van der Waals surface area contributed by atoms with Crippen LogP contribution in [0, 0.1) is 12.7 Å². The number of hydrogen-bond acceptors (Lipinski definition) is 2. The topological polar surface area (TPSA) is 12.9 Å². The predicted molar refractivity (Wildman–Crippen MR) is 69.8 cm³/mol. The molecule has 1 nitrogen and oxygen atoms in total. The molecular formula is C14H10FNS. The summed E-state index contributed by atoms with van der Waals surface area (Å²) in [6.45, 7) is 2.03. The molecule has 0 aliphatic rings. The molecule has 0 spiro atoms. The Morgan fingerprint density at radius 2 is 1.94 bits per heavy atom. The van der Waals surface area contributed by atoms with Crippen LogP contribution >= 0.6 is 11.3 Å². The van der Waals surface area contributed by atoms with E-state index in [9.17, 15) is 4.39 Å². The number of rotatable bonds is 1. The molecule has 0 aliphatic heterocycles. The van der Waals surface area contributed by atoms with Gasteiger partial charge in [0.05, 0.1) is 10.2 Å². The zero-order valence-corrected chi connectivity index (χ0v) is 10.1. The normalized spacial score (nSPS) is 10.9. The molecule has 1 heterocycles. The Hall–Kier alpha value is -1.74. The highest BCUT2D eigenvalue weighted by molar-refractivity contribution is 7.21. The van der Waals surface area contributed by atoms with E-state index in [-0.39, 0.29) is 5.82 Å². The van der Waals surface area contributed by atoms with E-state index < -0.39 is 0 Å². The standard InChI is InChI=1S/C14H10FNS/c1-9-6-7-13-12(8-9)16-14(17-13)10-4-2-3-5-11(10)15/h2-8H,1H3. The number of fused-ring (bicyclic) bond motifs is 1. The lowest BCUT2D eigenvalue weighted by atomic mass is 10.2. The second kappa shape index (κ2) is 3.93. The quantitative estimate of drug-likeness (QED) is 0.617. The SMILES string of the molecule is Cc1ccc2sc(-c3ccccc3F)nc2c1. The van der Waals surface area contributed by atoms with Crippen LogP contribution in [-0.2, 0) is 0 Å². The van der Waals surface area contributed by atoms with Gasteiger partial charge in [-0.15, -0.1) is 11.3 Å². The summed E-state index contributed by atoms with van der Waals surface area (Å²) in [7, 11) is 0. The molecule has 0 fully saturated rings. The van der Waals surface area contributed by atoms with Crippen LogP contribution in [0.15, 0.2) is 42.5 Å². The monoisotopic (exact) mass is 243 g/mol. The van der Waals surface area contributed by atoms with Crippen LogP contribution in [0.3, 0.4) is 0 Å². The molecule has 0 aliphatic carbocycles. The molecule has 0 atom stereocenters. The first-order chi connectivity index (χ1) is 8.24. The van der Waals surface area contributed by atoms with Gasteiger partial charge >= 0.3 is 0 Å². The lowest BCUT2D eigenvalue weighted by Gasteiger charge is -1.96. The maximum atomic E-state index is 13.6. The highest BCUT2D eigenvalue weighted by Gasteiger charge is 2.09. The fourth-order valence-corrected chi connectivity index (χ4v) is 2.76. The second-order valence-electron chi connectivity index (χ2n) is 3.97. The van der Waals surface area contributed by atoms with Gasteiger partial charge in [0, 0.05) is 5.56 Å². The minimum absolute atomic E-state index is 0.219. The molecule has 1 aromatic heterocycles. The molecular weight excluding hydrogens is 233 g/mol. The largest absolute Gasteiger partial charge is 0.236 e. The predicted octanol–water partition coefficient (Wildman–Crippen LogP) is 4.41. The van der Waals surface area contributed by atoms with Crippen molar-refractivity contribution in [1.29, 1.82) is 0 Å². The van der Waals surface area contributed by atoms with Gasteiger partial charge in [-0.1, -0.05) is 18.2 Å². The van der Waals surface area contributed by atoms with Crippen molar-refractivity contribution in [2.24, 2.45) is 0 Å². The smallest absolute Gasteiger partial charge is 0.133 e. The molecule has 0 N–H and O–H groups in total. The van der Waals surface area contributed by atoms with Gasteiger partial charge in [0.2, 0.25) is 0 Å². The van der Waals surface area contributed by atoms with Gasteiger partial charge in [-0.25, -0.2) is 9.37 Å². The van der Waals surface area contributed by atoms with Crippen LogP contribution in [0.5, 0.6) is 0 Å². The molecule has 0 saturated heterocycles. The van der Waals surface area contributed by atoms with E-state index in [0.29, 0.717) is 5.56 Å². The fraction of sp³-hybridized carbons (Fsp3) is 0.0714. The number of nitrogens with zero attached hydrogens (tertiary/aromatic N) is 1. The highest BCUT2D eigenvalue weighted by Crippen LogP contribution is 2.31.